The maximum Gasteiger partial charge on any atom is 0.306 e. The van der Waals surface area contributed by atoms with Gasteiger partial charge in [0, 0.05) is 72.7 Å². The highest BCUT2D eigenvalue weighted by atomic mass is 19.1. The fourth-order valence-corrected chi connectivity index (χ4v) is 5.96. The Balaban J connectivity index is 1.42. The molecule has 0 aliphatic rings. The molecule has 0 aliphatic heterocycles. The number of aryl methyl sites for hydroxylation is 1. The summed E-state index contributed by atoms with van der Waals surface area (Å²) in [5, 5.41) is 3.52. The van der Waals surface area contributed by atoms with Crippen LogP contribution in [0, 0.1) is 11.6 Å². The molecule has 2 N–H and O–H groups in total. The second-order valence-electron chi connectivity index (χ2n) is 13.0. The van der Waals surface area contributed by atoms with Crippen molar-refractivity contribution in [3.05, 3.63) is 125 Å². The van der Waals surface area contributed by atoms with Gasteiger partial charge in [-0.25, -0.2) is 8.78 Å². The lowest BCUT2D eigenvalue weighted by atomic mass is 9.85. The number of halogens is 2. The fraction of sp³-hybridized carbons (Fsp3) is 0.282. The number of hydrogen-bond donors (Lipinski definition) is 2. The van der Waals surface area contributed by atoms with Crippen LogP contribution in [0.4, 0.5) is 8.78 Å². The molecule has 248 valence electrons. The summed E-state index contributed by atoms with van der Waals surface area (Å²) in [7, 11) is 1.56. The number of rotatable bonds is 12. The molecule has 0 fully saturated rings. The Morgan fingerprint density at radius 1 is 0.938 bits per heavy atom. The normalized spacial score (nSPS) is 12.1. The van der Waals surface area contributed by atoms with Crippen LogP contribution in [-0.2, 0) is 33.6 Å². The van der Waals surface area contributed by atoms with Crippen LogP contribution in [0.2, 0.25) is 0 Å². The minimum absolute atomic E-state index is 0.0578. The van der Waals surface area contributed by atoms with Crippen molar-refractivity contribution in [3.63, 3.8) is 0 Å². The monoisotopic (exact) mass is 651 g/mol. The molecule has 2 heterocycles. The van der Waals surface area contributed by atoms with Gasteiger partial charge in [0.15, 0.2) is 0 Å². The number of Topliss-reactive ketones (excluding diaryl/α,β-unsaturated/α-hetero) is 1. The number of aromatic amines is 1. The molecule has 0 saturated carbocycles. The van der Waals surface area contributed by atoms with Gasteiger partial charge in [-0.3, -0.25) is 19.4 Å². The standard InChI is InChI=1S/C39H39F2N3O4/c1-39(2,3)48-36(46)13-11-24-10-12-35-34(18-24)29(23-44-35)21-32(45)20-28(15-25-16-30(40)22-31(41)17-25)37-33(9-6-14-43-37)26-7-5-8-27(19-26)38(47)42-4/h5-10,12,14,16-19,22-23,28,44H,11,13,15,20-21H2,1-4H3,(H,42,47)/t28-/m1/s1. The number of hydrogen-bond acceptors (Lipinski definition) is 5. The summed E-state index contributed by atoms with van der Waals surface area (Å²) in [6.45, 7) is 5.50. The number of amides is 1. The summed E-state index contributed by atoms with van der Waals surface area (Å²) < 4.78 is 34.0. The quantitative estimate of drug-likeness (QED) is 0.135. The molecule has 2 aromatic heterocycles. The molecule has 0 spiro atoms. The van der Waals surface area contributed by atoms with Gasteiger partial charge in [0.2, 0.25) is 0 Å². The molecule has 7 nitrogen and oxygen atoms in total. The summed E-state index contributed by atoms with van der Waals surface area (Å²) >= 11 is 0. The molecule has 0 aliphatic carbocycles. The molecule has 48 heavy (non-hydrogen) atoms. The molecule has 5 rings (SSSR count). The Morgan fingerprint density at radius 3 is 2.44 bits per heavy atom. The highest BCUT2D eigenvalue weighted by Gasteiger charge is 2.24. The van der Waals surface area contributed by atoms with E-state index in [9.17, 15) is 23.2 Å². The molecule has 0 radical (unpaired) electrons. The predicted octanol–water partition coefficient (Wildman–Crippen LogP) is 7.67. The van der Waals surface area contributed by atoms with Gasteiger partial charge < -0.3 is 15.0 Å². The van der Waals surface area contributed by atoms with E-state index in [-0.39, 0.29) is 43.3 Å². The third-order valence-electron chi connectivity index (χ3n) is 8.02. The molecule has 1 atom stereocenters. The first-order valence-electron chi connectivity index (χ1n) is 15.9. The summed E-state index contributed by atoms with van der Waals surface area (Å²) in [5.41, 5.74) is 4.99. The number of pyridine rings is 1. The summed E-state index contributed by atoms with van der Waals surface area (Å²) in [6, 6.07) is 20.0. The molecule has 1 amide bonds. The van der Waals surface area contributed by atoms with Crippen LogP contribution in [0.3, 0.4) is 0 Å². The van der Waals surface area contributed by atoms with E-state index < -0.39 is 23.2 Å². The number of carbonyl (C=O) groups excluding carboxylic acids is 3. The van der Waals surface area contributed by atoms with Crippen LogP contribution < -0.4 is 5.32 Å². The maximum atomic E-state index is 14.3. The highest BCUT2D eigenvalue weighted by Crippen LogP contribution is 2.34. The Hall–Kier alpha value is -5.18. The maximum absolute atomic E-state index is 14.3. The summed E-state index contributed by atoms with van der Waals surface area (Å²) in [4.78, 5) is 46.4. The van der Waals surface area contributed by atoms with E-state index in [0.29, 0.717) is 23.2 Å². The topological polar surface area (TPSA) is 101 Å². The van der Waals surface area contributed by atoms with E-state index in [0.717, 1.165) is 39.2 Å². The van der Waals surface area contributed by atoms with Crippen molar-refractivity contribution in [2.45, 2.75) is 64.4 Å². The van der Waals surface area contributed by atoms with Crippen molar-refractivity contribution < 1.29 is 27.9 Å². The Labute approximate surface area is 278 Å². The average molecular weight is 652 g/mol. The van der Waals surface area contributed by atoms with Crippen molar-refractivity contribution in [2.24, 2.45) is 0 Å². The van der Waals surface area contributed by atoms with Gasteiger partial charge >= 0.3 is 5.97 Å². The number of fused-ring (bicyclic) bond motifs is 1. The Morgan fingerprint density at radius 2 is 1.71 bits per heavy atom. The van der Waals surface area contributed by atoms with E-state index in [1.807, 2.05) is 57.3 Å². The van der Waals surface area contributed by atoms with E-state index in [1.54, 1.807) is 37.5 Å². The van der Waals surface area contributed by atoms with Crippen LogP contribution in [-0.4, -0.2) is 40.3 Å². The van der Waals surface area contributed by atoms with Crippen molar-refractivity contribution >= 4 is 28.6 Å². The third-order valence-corrected chi connectivity index (χ3v) is 8.02. The van der Waals surface area contributed by atoms with Crippen molar-refractivity contribution in [2.75, 3.05) is 7.05 Å². The zero-order chi connectivity index (χ0) is 34.4. The summed E-state index contributed by atoms with van der Waals surface area (Å²) in [5.74, 6) is -2.51. The fourth-order valence-electron chi connectivity index (χ4n) is 5.96. The second kappa shape index (κ2) is 14.7. The predicted molar refractivity (Wildman–Crippen MR) is 182 cm³/mol. The van der Waals surface area contributed by atoms with Crippen LogP contribution in [0.1, 0.15) is 72.3 Å². The zero-order valence-corrected chi connectivity index (χ0v) is 27.5. The third kappa shape index (κ3) is 8.79. The Kier molecular flexibility index (Phi) is 10.5. The summed E-state index contributed by atoms with van der Waals surface area (Å²) in [6.07, 6.45) is 4.53. The molecule has 0 saturated heterocycles. The van der Waals surface area contributed by atoms with Crippen molar-refractivity contribution in [1.29, 1.82) is 0 Å². The first-order valence-corrected chi connectivity index (χ1v) is 15.9. The number of ketones is 1. The molecule has 5 aromatic rings. The Bertz CT molecular complexity index is 1940. The lowest BCUT2D eigenvalue weighted by Gasteiger charge is -2.20. The molecule has 3 aromatic carbocycles. The molecule has 9 heteroatoms. The minimum Gasteiger partial charge on any atom is -0.460 e. The van der Waals surface area contributed by atoms with Crippen LogP contribution in [0.5, 0.6) is 0 Å². The van der Waals surface area contributed by atoms with Gasteiger partial charge in [0.05, 0.1) is 5.69 Å². The van der Waals surface area contributed by atoms with Gasteiger partial charge in [-0.15, -0.1) is 0 Å². The van der Waals surface area contributed by atoms with E-state index in [4.69, 9.17) is 4.74 Å². The zero-order valence-electron chi connectivity index (χ0n) is 27.5. The second-order valence-corrected chi connectivity index (χ2v) is 13.0. The first-order chi connectivity index (χ1) is 22.9. The van der Waals surface area contributed by atoms with Gasteiger partial charge in [-0.2, -0.15) is 0 Å². The first kappa shape index (κ1) is 34.2. The number of ether oxygens (including phenoxy) is 1. The van der Waals surface area contributed by atoms with Crippen LogP contribution in [0.25, 0.3) is 22.0 Å². The lowest BCUT2D eigenvalue weighted by Crippen LogP contribution is -2.23. The number of esters is 1. The van der Waals surface area contributed by atoms with Gasteiger partial charge in [0.1, 0.15) is 23.0 Å². The molecule has 0 bridgehead atoms. The number of H-pyrrole nitrogens is 1. The molecular formula is C39H39F2N3O4. The van der Waals surface area contributed by atoms with Crippen molar-refractivity contribution in [3.8, 4) is 11.1 Å². The minimum atomic E-state index is -0.698. The van der Waals surface area contributed by atoms with Crippen LogP contribution >= 0.6 is 0 Å². The number of aromatic nitrogens is 2. The average Bonchev–Trinajstić information content (AvgIpc) is 3.43. The molecular weight excluding hydrogens is 612 g/mol. The highest BCUT2D eigenvalue weighted by molar-refractivity contribution is 5.95. The molecule has 0 unspecified atom stereocenters. The largest absolute Gasteiger partial charge is 0.460 e. The van der Waals surface area contributed by atoms with Gasteiger partial charge in [-0.05, 0) is 98.3 Å². The number of nitrogens with zero attached hydrogens (tertiary/aromatic N) is 1. The van der Waals surface area contributed by atoms with E-state index >= 15 is 0 Å². The van der Waals surface area contributed by atoms with E-state index in [2.05, 4.69) is 15.3 Å². The number of carbonyl (C=O) groups is 3. The smallest absolute Gasteiger partial charge is 0.306 e. The van der Waals surface area contributed by atoms with Gasteiger partial charge in [-0.1, -0.05) is 24.3 Å². The van der Waals surface area contributed by atoms with E-state index in [1.165, 1.54) is 12.1 Å². The van der Waals surface area contributed by atoms with Gasteiger partial charge in [0.25, 0.3) is 5.91 Å². The SMILES string of the molecule is CNC(=O)c1cccc(-c2cccnc2[C@@H](CC(=O)Cc2c[nH]c3ccc(CCC(=O)OC(C)(C)C)cc23)Cc2cc(F)cc(F)c2)c1. The van der Waals surface area contributed by atoms with Crippen LogP contribution in [0.15, 0.2) is 85.2 Å². The number of benzene rings is 3. The van der Waals surface area contributed by atoms with Crippen molar-refractivity contribution in [1.82, 2.24) is 15.3 Å². The number of nitrogens with one attached hydrogen (secondary N) is 2. The lowest BCUT2D eigenvalue weighted by molar-refractivity contribution is -0.154.